The number of nitrogens with zero attached hydrogens (tertiary/aromatic N) is 2. The van der Waals surface area contributed by atoms with Gasteiger partial charge in [-0.3, -0.25) is 4.90 Å². The average molecular weight is 433 g/mol. The summed E-state index contributed by atoms with van der Waals surface area (Å²) < 4.78 is 0. The lowest BCUT2D eigenvalue weighted by Gasteiger charge is -2.47. The Morgan fingerprint density at radius 1 is 0.774 bits per heavy atom. The van der Waals surface area contributed by atoms with Crippen LogP contribution in [0.1, 0.15) is 42.6 Å². The highest BCUT2D eigenvalue weighted by molar-refractivity contribution is 6.31. The van der Waals surface area contributed by atoms with Crippen molar-refractivity contribution in [1.82, 2.24) is 4.90 Å². The van der Waals surface area contributed by atoms with Crippen LogP contribution in [0, 0.1) is 11.8 Å². The minimum Gasteiger partial charge on any atom is -0.391 e. The third kappa shape index (κ3) is 4.53. The maximum Gasteiger partial charge on any atom is 0.143 e. The minimum absolute atomic E-state index is 0.213. The van der Waals surface area contributed by atoms with E-state index < -0.39 is 0 Å². The monoisotopic (exact) mass is 432 g/mol. The maximum atomic E-state index is 6.29. The number of likely N-dealkylation sites (tertiary alicyclic amines) is 1. The second kappa shape index (κ2) is 9.67. The third-order valence-corrected chi connectivity index (χ3v) is 6.76. The molecule has 0 aliphatic carbocycles. The molecule has 1 saturated heterocycles. The van der Waals surface area contributed by atoms with Gasteiger partial charge in [0, 0.05) is 34.5 Å². The van der Waals surface area contributed by atoms with E-state index >= 15 is 0 Å². The molecule has 0 amide bonds. The fourth-order valence-electron chi connectivity index (χ4n) is 4.92. The molecule has 31 heavy (non-hydrogen) atoms. The Hall–Kier alpha value is -2.62. The molecule has 1 heterocycles. The van der Waals surface area contributed by atoms with Crippen molar-refractivity contribution in [2.45, 2.75) is 32.5 Å². The molecule has 4 heteroatoms. The number of hydrogen-bond donors (Lipinski definition) is 0. The van der Waals surface area contributed by atoms with Crippen LogP contribution in [0.5, 0.6) is 0 Å². The summed E-state index contributed by atoms with van der Waals surface area (Å²) in [5.74, 6) is 0.433. The second-order valence-corrected chi connectivity index (χ2v) is 8.74. The molecule has 0 radical (unpaired) electrons. The Morgan fingerprint density at radius 2 is 1.26 bits per heavy atom. The molecule has 3 aromatic carbocycles. The van der Waals surface area contributed by atoms with Crippen LogP contribution in [0.3, 0.4) is 0 Å². The molecule has 0 saturated carbocycles. The number of halogens is 1. The Kier molecular flexibility index (Phi) is 6.74. The Morgan fingerprint density at radius 3 is 1.77 bits per heavy atom. The van der Waals surface area contributed by atoms with Gasteiger partial charge >= 0.3 is 0 Å². The SMILES string of the molecule is CC1C(=NOCc2ccccc2Cl)C(C)C(c2ccccc2)N(C)C1c1ccccc1. The largest absolute Gasteiger partial charge is 0.391 e. The fraction of sp³-hybridized carbons (Fsp3) is 0.296. The lowest BCUT2D eigenvalue weighted by atomic mass is 9.74. The summed E-state index contributed by atoms with van der Waals surface area (Å²) in [4.78, 5) is 8.36. The lowest BCUT2D eigenvalue weighted by Crippen LogP contribution is -2.47. The van der Waals surface area contributed by atoms with Crippen molar-refractivity contribution in [3.05, 3.63) is 107 Å². The van der Waals surface area contributed by atoms with Crippen molar-refractivity contribution in [2.24, 2.45) is 17.0 Å². The molecule has 4 rings (SSSR count). The van der Waals surface area contributed by atoms with Crippen LogP contribution in [0.4, 0.5) is 0 Å². The Bertz CT molecular complexity index is 966. The van der Waals surface area contributed by atoms with Crippen LogP contribution in [0.25, 0.3) is 0 Å². The standard InChI is InChI=1S/C27H29ClN2O/c1-19-25(29-31-18-23-16-10-11-17-24(23)28)20(2)27(22-14-8-5-9-15-22)30(3)26(19)21-12-6-4-7-13-21/h4-17,19-20,26-27H,18H2,1-3H3. The van der Waals surface area contributed by atoms with Crippen LogP contribution >= 0.6 is 11.6 Å². The molecule has 1 aliphatic heterocycles. The van der Waals surface area contributed by atoms with Gasteiger partial charge in [0.1, 0.15) is 6.61 Å². The van der Waals surface area contributed by atoms with E-state index in [0.29, 0.717) is 11.6 Å². The molecule has 1 aliphatic rings. The van der Waals surface area contributed by atoms with Gasteiger partial charge in [0.25, 0.3) is 0 Å². The van der Waals surface area contributed by atoms with Gasteiger partial charge in [0.2, 0.25) is 0 Å². The van der Waals surface area contributed by atoms with Gasteiger partial charge < -0.3 is 4.84 Å². The van der Waals surface area contributed by atoms with Gasteiger partial charge in [-0.05, 0) is 24.2 Å². The summed E-state index contributed by atoms with van der Waals surface area (Å²) >= 11 is 6.29. The van der Waals surface area contributed by atoms with E-state index in [-0.39, 0.29) is 23.9 Å². The Labute approximate surface area is 190 Å². The predicted molar refractivity (Wildman–Crippen MR) is 128 cm³/mol. The smallest absolute Gasteiger partial charge is 0.143 e. The van der Waals surface area contributed by atoms with E-state index in [1.54, 1.807) is 0 Å². The third-order valence-electron chi connectivity index (χ3n) is 6.39. The van der Waals surface area contributed by atoms with Crippen LogP contribution in [-0.2, 0) is 11.4 Å². The zero-order valence-corrected chi connectivity index (χ0v) is 19.0. The van der Waals surface area contributed by atoms with Crippen molar-refractivity contribution < 1.29 is 4.84 Å². The van der Waals surface area contributed by atoms with Gasteiger partial charge in [-0.1, -0.05) is 109 Å². The zero-order valence-electron chi connectivity index (χ0n) is 18.3. The molecular formula is C27H29ClN2O. The maximum absolute atomic E-state index is 6.29. The summed E-state index contributed by atoms with van der Waals surface area (Å²) in [6.45, 7) is 4.87. The molecule has 0 aromatic heterocycles. The first-order valence-corrected chi connectivity index (χ1v) is 11.2. The summed E-state index contributed by atoms with van der Waals surface area (Å²) in [5.41, 5.74) is 4.63. The highest BCUT2D eigenvalue weighted by Gasteiger charge is 2.43. The van der Waals surface area contributed by atoms with E-state index in [2.05, 4.69) is 86.5 Å². The molecule has 3 nitrogen and oxygen atoms in total. The summed E-state index contributed by atoms with van der Waals surface area (Å²) in [5, 5.41) is 5.40. The van der Waals surface area contributed by atoms with Crippen molar-refractivity contribution in [3.63, 3.8) is 0 Å². The first-order chi connectivity index (χ1) is 15.1. The van der Waals surface area contributed by atoms with Crippen LogP contribution in [0.15, 0.2) is 90.1 Å². The van der Waals surface area contributed by atoms with Gasteiger partial charge in [0.05, 0.1) is 5.71 Å². The highest BCUT2D eigenvalue weighted by atomic mass is 35.5. The molecular weight excluding hydrogens is 404 g/mol. The quantitative estimate of drug-likeness (QED) is 0.409. The van der Waals surface area contributed by atoms with E-state index in [1.165, 1.54) is 11.1 Å². The van der Waals surface area contributed by atoms with E-state index in [0.717, 1.165) is 11.3 Å². The summed E-state index contributed by atoms with van der Waals surface area (Å²) in [6.07, 6.45) is 0. The number of hydrogen-bond acceptors (Lipinski definition) is 3. The predicted octanol–water partition coefficient (Wildman–Crippen LogP) is 6.91. The van der Waals surface area contributed by atoms with Crippen LogP contribution in [-0.4, -0.2) is 17.7 Å². The first kappa shape index (κ1) is 21.6. The molecule has 3 aromatic rings. The molecule has 4 atom stereocenters. The van der Waals surface area contributed by atoms with Crippen molar-refractivity contribution in [2.75, 3.05) is 7.05 Å². The van der Waals surface area contributed by atoms with Gasteiger partial charge in [-0.25, -0.2) is 0 Å². The fourth-order valence-corrected chi connectivity index (χ4v) is 5.11. The summed E-state index contributed by atoms with van der Waals surface area (Å²) in [6, 6.07) is 29.6. The van der Waals surface area contributed by atoms with Gasteiger partial charge in [-0.15, -0.1) is 0 Å². The highest BCUT2D eigenvalue weighted by Crippen LogP contribution is 2.45. The molecule has 4 unspecified atom stereocenters. The minimum atomic E-state index is 0.213. The molecule has 0 bridgehead atoms. The number of benzene rings is 3. The molecule has 0 N–H and O–H groups in total. The lowest BCUT2D eigenvalue weighted by molar-refractivity contribution is 0.0847. The van der Waals surface area contributed by atoms with Crippen LogP contribution in [0.2, 0.25) is 5.02 Å². The second-order valence-electron chi connectivity index (χ2n) is 8.33. The van der Waals surface area contributed by atoms with E-state index in [4.69, 9.17) is 21.6 Å². The molecule has 1 fully saturated rings. The first-order valence-electron chi connectivity index (χ1n) is 10.8. The average Bonchev–Trinajstić information content (AvgIpc) is 2.79. The summed E-state index contributed by atoms with van der Waals surface area (Å²) in [7, 11) is 2.23. The Balaban J connectivity index is 1.68. The van der Waals surface area contributed by atoms with Crippen molar-refractivity contribution in [3.8, 4) is 0 Å². The van der Waals surface area contributed by atoms with Gasteiger partial charge in [-0.2, -0.15) is 0 Å². The number of rotatable bonds is 5. The van der Waals surface area contributed by atoms with Crippen molar-refractivity contribution in [1.29, 1.82) is 0 Å². The van der Waals surface area contributed by atoms with E-state index in [1.807, 2.05) is 24.3 Å². The number of piperidine rings is 1. The molecule has 0 spiro atoms. The number of oxime groups is 1. The molecule has 160 valence electrons. The van der Waals surface area contributed by atoms with Crippen molar-refractivity contribution >= 4 is 17.3 Å². The zero-order chi connectivity index (χ0) is 21.8. The van der Waals surface area contributed by atoms with Crippen LogP contribution < -0.4 is 0 Å². The topological polar surface area (TPSA) is 24.8 Å². The van der Waals surface area contributed by atoms with E-state index in [9.17, 15) is 0 Å². The van der Waals surface area contributed by atoms with Gasteiger partial charge in [0.15, 0.2) is 0 Å². The normalized spacial score (nSPS) is 24.1.